The molecule has 130 valence electrons. The van der Waals surface area contributed by atoms with Crippen LogP contribution in [0.5, 0.6) is 5.75 Å². The van der Waals surface area contributed by atoms with Gasteiger partial charge in [0.2, 0.25) is 0 Å². The molecule has 25 heavy (non-hydrogen) atoms. The first-order chi connectivity index (χ1) is 12.2. The van der Waals surface area contributed by atoms with Crippen molar-refractivity contribution in [2.75, 3.05) is 19.8 Å². The topological polar surface area (TPSA) is 66.8 Å². The Morgan fingerprint density at radius 3 is 2.32 bits per heavy atom. The molecule has 1 aliphatic rings. The van der Waals surface area contributed by atoms with Crippen LogP contribution >= 0.6 is 0 Å². The molecule has 0 atom stereocenters. The lowest BCUT2D eigenvalue weighted by Gasteiger charge is -2.14. The number of aliphatic hydroxyl groups excluding tert-OH is 1. The lowest BCUT2D eigenvalue weighted by molar-refractivity contribution is 0.0652. The maximum absolute atomic E-state index is 12.3. The lowest BCUT2D eigenvalue weighted by atomic mass is 10.1. The van der Waals surface area contributed by atoms with E-state index in [1.807, 2.05) is 24.3 Å². The second kappa shape index (κ2) is 7.94. The fourth-order valence-corrected chi connectivity index (χ4v) is 2.93. The number of hydrogen-bond acceptors (Lipinski definition) is 4. The van der Waals surface area contributed by atoms with Gasteiger partial charge in [-0.15, -0.1) is 0 Å². The van der Waals surface area contributed by atoms with Gasteiger partial charge < -0.3 is 9.84 Å². The Morgan fingerprint density at radius 1 is 0.920 bits per heavy atom. The fourth-order valence-electron chi connectivity index (χ4n) is 2.93. The summed E-state index contributed by atoms with van der Waals surface area (Å²) in [4.78, 5) is 26.0. The van der Waals surface area contributed by atoms with Gasteiger partial charge in [-0.2, -0.15) is 0 Å². The minimum atomic E-state index is -0.207. The fraction of sp³-hybridized carbons (Fsp3) is 0.300. The van der Waals surface area contributed by atoms with Gasteiger partial charge in [-0.25, -0.2) is 0 Å². The Morgan fingerprint density at radius 2 is 1.64 bits per heavy atom. The van der Waals surface area contributed by atoms with E-state index < -0.39 is 0 Å². The quantitative estimate of drug-likeness (QED) is 0.593. The first-order valence-electron chi connectivity index (χ1n) is 8.48. The highest BCUT2D eigenvalue weighted by atomic mass is 16.5. The Bertz CT molecular complexity index is 737. The number of fused-ring (bicyclic) bond motifs is 1. The highest BCUT2D eigenvalue weighted by molar-refractivity contribution is 6.21. The zero-order chi connectivity index (χ0) is 17.6. The predicted molar refractivity (Wildman–Crippen MR) is 93.8 cm³/mol. The molecule has 3 rings (SSSR count). The highest BCUT2D eigenvalue weighted by Crippen LogP contribution is 2.23. The summed E-state index contributed by atoms with van der Waals surface area (Å²) >= 11 is 0. The van der Waals surface area contributed by atoms with E-state index >= 15 is 0 Å². The number of aryl methyl sites for hydroxylation is 1. The third-order valence-corrected chi connectivity index (χ3v) is 4.19. The van der Waals surface area contributed by atoms with Crippen molar-refractivity contribution in [3.63, 3.8) is 0 Å². The number of carbonyl (C=O) groups excluding carboxylic acids is 2. The van der Waals surface area contributed by atoms with Crippen LogP contribution in [0.2, 0.25) is 0 Å². The molecule has 0 aliphatic carbocycles. The number of hydrogen-bond donors (Lipinski definition) is 1. The van der Waals surface area contributed by atoms with Gasteiger partial charge >= 0.3 is 0 Å². The normalized spacial score (nSPS) is 13.2. The smallest absolute Gasteiger partial charge is 0.261 e. The summed E-state index contributed by atoms with van der Waals surface area (Å²) < 4.78 is 5.56. The molecule has 0 saturated heterocycles. The first-order valence-corrected chi connectivity index (χ1v) is 8.48. The number of rotatable bonds is 8. The molecule has 1 aliphatic heterocycles. The van der Waals surface area contributed by atoms with E-state index in [0.717, 1.165) is 17.7 Å². The standard InChI is InChI=1S/C20H21NO4/c22-12-5-13-25-16-8-3-6-15(14-16)7-4-11-21-19(23)17-9-1-2-10-18(17)20(21)24/h1-3,6,8-10,14,22H,4-5,7,11-13H2. The SMILES string of the molecule is O=C1c2ccccc2C(=O)N1CCCc1cccc(OCCCO)c1. The van der Waals surface area contributed by atoms with Crippen molar-refractivity contribution >= 4 is 11.8 Å². The molecule has 0 unspecified atom stereocenters. The average Bonchev–Trinajstić information content (AvgIpc) is 2.88. The third-order valence-electron chi connectivity index (χ3n) is 4.19. The zero-order valence-electron chi connectivity index (χ0n) is 14.0. The number of benzene rings is 2. The molecule has 2 aromatic rings. The van der Waals surface area contributed by atoms with E-state index in [2.05, 4.69) is 0 Å². The van der Waals surface area contributed by atoms with E-state index in [-0.39, 0.29) is 18.4 Å². The summed E-state index contributed by atoms with van der Waals surface area (Å²) in [5, 5.41) is 8.79. The summed E-state index contributed by atoms with van der Waals surface area (Å²) in [6.07, 6.45) is 2.06. The zero-order valence-corrected chi connectivity index (χ0v) is 14.0. The van der Waals surface area contributed by atoms with Crippen LogP contribution in [0, 0.1) is 0 Å². The molecule has 5 nitrogen and oxygen atoms in total. The van der Waals surface area contributed by atoms with Gasteiger partial charge in [-0.3, -0.25) is 14.5 Å². The Kier molecular flexibility index (Phi) is 5.46. The van der Waals surface area contributed by atoms with Crippen LogP contribution in [0.1, 0.15) is 39.1 Å². The molecule has 1 heterocycles. The number of aliphatic hydroxyl groups is 1. The van der Waals surface area contributed by atoms with Crippen molar-refractivity contribution in [2.45, 2.75) is 19.3 Å². The maximum atomic E-state index is 12.3. The van der Waals surface area contributed by atoms with Crippen LogP contribution in [0.3, 0.4) is 0 Å². The van der Waals surface area contributed by atoms with Crippen molar-refractivity contribution < 1.29 is 19.4 Å². The molecule has 0 spiro atoms. The van der Waals surface area contributed by atoms with Gasteiger partial charge in [0.25, 0.3) is 11.8 Å². The minimum Gasteiger partial charge on any atom is -0.493 e. The van der Waals surface area contributed by atoms with Crippen molar-refractivity contribution in [2.24, 2.45) is 0 Å². The summed E-state index contributed by atoms with van der Waals surface area (Å²) in [7, 11) is 0. The third kappa shape index (κ3) is 3.88. The minimum absolute atomic E-state index is 0.111. The van der Waals surface area contributed by atoms with Crippen molar-refractivity contribution in [3.8, 4) is 5.75 Å². The van der Waals surface area contributed by atoms with Crippen LogP contribution < -0.4 is 4.74 Å². The summed E-state index contributed by atoms with van der Waals surface area (Å²) in [5.41, 5.74) is 2.08. The van der Waals surface area contributed by atoms with Crippen LogP contribution in [0.25, 0.3) is 0 Å². The van der Waals surface area contributed by atoms with Crippen LogP contribution in [0.15, 0.2) is 48.5 Å². The van der Waals surface area contributed by atoms with Gasteiger partial charge in [0.1, 0.15) is 5.75 Å². The van der Waals surface area contributed by atoms with Crippen molar-refractivity contribution in [1.82, 2.24) is 4.90 Å². The van der Waals surface area contributed by atoms with Crippen LogP contribution in [-0.2, 0) is 6.42 Å². The van der Waals surface area contributed by atoms with Gasteiger partial charge in [0.05, 0.1) is 17.7 Å². The van der Waals surface area contributed by atoms with Gasteiger partial charge in [0, 0.05) is 19.6 Å². The van der Waals surface area contributed by atoms with E-state index in [4.69, 9.17) is 9.84 Å². The highest BCUT2D eigenvalue weighted by Gasteiger charge is 2.34. The second-order valence-corrected chi connectivity index (χ2v) is 5.98. The maximum Gasteiger partial charge on any atom is 0.261 e. The number of nitrogens with zero attached hydrogens (tertiary/aromatic N) is 1. The predicted octanol–water partition coefficient (Wildman–Crippen LogP) is 2.68. The molecular formula is C20H21NO4. The molecule has 2 amide bonds. The molecule has 2 aromatic carbocycles. The molecule has 5 heteroatoms. The molecule has 1 N–H and O–H groups in total. The van der Waals surface area contributed by atoms with Crippen molar-refractivity contribution in [3.05, 3.63) is 65.2 Å². The number of carbonyl (C=O) groups is 2. The summed E-state index contributed by atoms with van der Waals surface area (Å²) in [5.74, 6) is 0.357. The van der Waals surface area contributed by atoms with E-state index in [0.29, 0.717) is 37.1 Å². The molecule has 0 radical (unpaired) electrons. The van der Waals surface area contributed by atoms with E-state index in [1.165, 1.54) is 4.90 Å². The number of amides is 2. The van der Waals surface area contributed by atoms with Crippen LogP contribution in [0.4, 0.5) is 0 Å². The van der Waals surface area contributed by atoms with E-state index in [1.54, 1.807) is 24.3 Å². The Labute approximate surface area is 146 Å². The van der Waals surface area contributed by atoms with Gasteiger partial charge in [-0.1, -0.05) is 24.3 Å². The molecule has 0 saturated carbocycles. The Hall–Kier alpha value is -2.66. The lowest BCUT2D eigenvalue weighted by Crippen LogP contribution is -2.30. The summed E-state index contributed by atoms with van der Waals surface area (Å²) in [6.45, 7) is 0.997. The number of ether oxygens (including phenoxy) is 1. The molecular weight excluding hydrogens is 318 g/mol. The van der Waals surface area contributed by atoms with Crippen LogP contribution in [-0.4, -0.2) is 41.6 Å². The van der Waals surface area contributed by atoms with Gasteiger partial charge in [-0.05, 0) is 42.7 Å². The van der Waals surface area contributed by atoms with Gasteiger partial charge in [0.15, 0.2) is 0 Å². The number of imide groups is 1. The molecule has 0 fully saturated rings. The Balaban J connectivity index is 1.54. The van der Waals surface area contributed by atoms with Crippen molar-refractivity contribution in [1.29, 1.82) is 0 Å². The molecule has 0 bridgehead atoms. The second-order valence-electron chi connectivity index (χ2n) is 5.98. The average molecular weight is 339 g/mol. The molecule has 0 aromatic heterocycles. The monoisotopic (exact) mass is 339 g/mol. The summed E-state index contributed by atoms with van der Waals surface area (Å²) in [6, 6.07) is 14.7. The largest absolute Gasteiger partial charge is 0.493 e. The first kappa shape index (κ1) is 17.2. The van der Waals surface area contributed by atoms with E-state index in [9.17, 15) is 9.59 Å².